The molecule has 0 radical (unpaired) electrons. The smallest absolute Gasteiger partial charge is 0.412 e. The van der Waals surface area contributed by atoms with E-state index in [-0.39, 0.29) is 31.1 Å². The van der Waals surface area contributed by atoms with Crippen LogP contribution in [0.25, 0.3) is 0 Å². The Morgan fingerprint density at radius 1 is 0.903 bits per heavy atom. The van der Waals surface area contributed by atoms with E-state index in [1.54, 1.807) is 36.4 Å². The standard InChI is InChI=1S/C22H23N3O6/c1-13(26)14-6-5-9-16(10-14)24-22(28)31-18-12-30-19-17(11-29-20(18)19)25-21(27)23-15-7-3-2-4-8-15/h2-10,17-20H,11-12H2,1H3,(H,24,28)(H2,23,25,27)/t17-,18+,19+,20+/m0/s1. The number of para-hydroxylation sites is 1. The highest BCUT2D eigenvalue weighted by Crippen LogP contribution is 2.29. The van der Waals surface area contributed by atoms with Gasteiger partial charge in [0.15, 0.2) is 11.9 Å². The first-order chi connectivity index (χ1) is 15.0. The summed E-state index contributed by atoms with van der Waals surface area (Å²) in [5.41, 5.74) is 1.62. The Kier molecular flexibility index (Phi) is 6.15. The molecule has 9 nitrogen and oxygen atoms in total. The number of Topliss-reactive ketones (excluding diaryl/α,β-unsaturated/α-hetero) is 1. The van der Waals surface area contributed by atoms with Crippen LogP contribution in [0.15, 0.2) is 54.6 Å². The van der Waals surface area contributed by atoms with Gasteiger partial charge in [0.05, 0.1) is 19.3 Å². The summed E-state index contributed by atoms with van der Waals surface area (Å²) in [6, 6.07) is 15.0. The SMILES string of the molecule is CC(=O)c1cccc(NC(=O)O[C@@H]2CO[C@H]3[C@@H]2OC[C@@H]3NC(=O)Nc2ccccc2)c1. The lowest BCUT2D eigenvalue weighted by Crippen LogP contribution is -2.46. The number of fused-ring (bicyclic) bond motifs is 1. The second-order valence-corrected chi connectivity index (χ2v) is 7.37. The summed E-state index contributed by atoms with van der Waals surface area (Å²) in [6.07, 6.45) is -2.17. The monoisotopic (exact) mass is 425 g/mol. The van der Waals surface area contributed by atoms with Crippen LogP contribution in [-0.4, -0.2) is 55.5 Å². The topological polar surface area (TPSA) is 115 Å². The second-order valence-electron chi connectivity index (χ2n) is 7.37. The van der Waals surface area contributed by atoms with Gasteiger partial charge in [0, 0.05) is 16.9 Å². The van der Waals surface area contributed by atoms with Crippen LogP contribution in [0.3, 0.4) is 0 Å². The molecule has 2 fully saturated rings. The number of hydrogen-bond donors (Lipinski definition) is 3. The number of hydrogen-bond acceptors (Lipinski definition) is 6. The van der Waals surface area contributed by atoms with Gasteiger partial charge in [-0.25, -0.2) is 9.59 Å². The van der Waals surface area contributed by atoms with Crippen molar-refractivity contribution in [2.45, 2.75) is 31.3 Å². The predicted octanol–water partition coefficient (Wildman–Crippen LogP) is 2.79. The number of carbonyl (C=O) groups excluding carboxylic acids is 3. The lowest BCUT2D eigenvalue weighted by Gasteiger charge is -2.18. The van der Waals surface area contributed by atoms with Crippen LogP contribution in [0.2, 0.25) is 0 Å². The lowest BCUT2D eigenvalue weighted by atomic mass is 10.1. The zero-order valence-corrected chi connectivity index (χ0v) is 16.9. The molecule has 2 aromatic rings. The van der Waals surface area contributed by atoms with E-state index >= 15 is 0 Å². The number of ether oxygens (including phenoxy) is 3. The highest BCUT2D eigenvalue weighted by Gasteiger charge is 2.50. The fourth-order valence-electron chi connectivity index (χ4n) is 3.65. The zero-order chi connectivity index (χ0) is 21.8. The Morgan fingerprint density at radius 2 is 1.65 bits per heavy atom. The van der Waals surface area contributed by atoms with Crippen molar-refractivity contribution in [1.82, 2.24) is 5.32 Å². The van der Waals surface area contributed by atoms with E-state index in [9.17, 15) is 14.4 Å². The maximum absolute atomic E-state index is 12.3. The minimum atomic E-state index is -0.670. The summed E-state index contributed by atoms with van der Waals surface area (Å²) in [5, 5.41) is 8.20. The number of nitrogens with one attached hydrogen (secondary N) is 3. The van der Waals surface area contributed by atoms with Gasteiger partial charge >= 0.3 is 12.1 Å². The molecule has 2 saturated heterocycles. The molecule has 0 bridgehead atoms. The fourth-order valence-corrected chi connectivity index (χ4v) is 3.65. The molecule has 2 aromatic carbocycles. The van der Waals surface area contributed by atoms with Gasteiger partial charge in [-0.3, -0.25) is 10.1 Å². The minimum Gasteiger partial charge on any atom is -0.441 e. The third kappa shape index (κ3) is 5.01. The molecule has 2 heterocycles. The quantitative estimate of drug-likeness (QED) is 0.635. The molecule has 162 valence electrons. The van der Waals surface area contributed by atoms with Crippen molar-refractivity contribution in [2.24, 2.45) is 0 Å². The van der Waals surface area contributed by atoms with Crippen LogP contribution in [0, 0.1) is 0 Å². The molecule has 2 aliphatic heterocycles. The number of benzene rings is 2. The van der Waals surface area contributed by atoms with E-state index in [4.69, 9.17) is 14.2 Å². The molecule has 31 heavy (non-hydrogen) atoms. The maximum Gasteiger partial charge on any atom is 0.412 e. The lowest BCUT2D eigenvalue weighted by molar-refractivity contribution is 0.00873. The number of anilines is 2. The van der Waals surface area contributed by atoms with Crippen molar-refractivity contribution in [3.05, 3.63) is 60.2 Å². The van der Waals surface area contributed by atoms with Crippen molar-refractivity contribution < 1.29 is 28.6 Å². The third-order valence-electron chi connectivity index (χ3n) is 5.13. The number of amides is 3. The van der Waals surface area contributed by atoms with Gasteiger partial charge in [-0.05, 0) is 31.2 Å². The Hall–Kier alpha value is -3.43. The molecule has 0 aromatic heterocycles. The molecule has 2 aliphatic rings. The van der Waals surface area contributed by atoms with Crippen LogP contribution in [0.1, 0.15) is 17.3 Å². The van der Waals surface area contributed by atoms with Crippen LogP contribution in [0.5, 0.6) is 0 Å². The molecule has 3 N–H and O–H groups in total. The van der Waals surface area contributed by atoms with Crippen LogP contribution < -0.4 is 16.0 Å². The Labute approximate surface area is 179 Å². The van der Waals surface area contributed by atoms with Crippen molar-refractivity contribution in [3.8, 4) is 0 Å². The van der Waals surface area contributed by atoms with Gasteiger partial charge in [0.2, 0.25) is 0 Å². The summed E-state index contributed by atoms with van der Waals surface area (Å²) >= 11 is 0. The zero-order valence-electron chi connectivity index (χ0n) is 16.9. The van der Waals surface area contributed by atoms with E-state index < -0.39 is 24.4 Å². The van der Waals surface area contributed by atoms with Crippen LogP contribution >= 0.6 is 0 Å². The first-order valence-electron chi connectivity index (χ1n) is 9.94. The Balaban J connectivity index is 1.29. The van der Waals surface area contributed by atoms with Gasteiger partial charge in [-0.2, -0.15) is 0 Å². The van der Waals surface area contributed by atoms with E-state index in [0.717, 1.165) is 0 Å². The first-order valence-corrected chi connectivity index (χ1v) is 9.94. The average molecular weight is 425 g/mol. The van der Waals surface area contributed by atoms with Crippen molar-refractivity contribution in [2.75, 3.05) is 23.8 Å². The van der Waals surface area contributed by atoms with Gasteiger partial charge in [-0.15, -0.1) is 0 Å². The molecule has 0 aliphatic carbocycles. The fraction of sp³-hybridized carbons (Fsp3) is 0.318. The molecule has 4 rings (SSSR count). The molecular weight excluding hydrogens is 402 g/mol. The largest absolute Gasteiger partial charge is 0.441 e. The molecular formula is C22H23N3O6. The normalized spacial score (nSPS) is 24.2. The first kappa shape index (κ1) is 20.8. The minimum absolute atomic E-state index is 0.0988. The number of carbonyl (C=O) groups is 3. The summed E-state index contributed by atoms with van der Waals surface area (Å²) in [4.78, 5) is 36.0. The van der Waals surface area contributed by atoms with Gasteiger partial charge < -0.3 is 24.8 Å². The molecule has 0 saturated carbocycles. The highest BCUT2D eigenvalue weighted by atomic mass is 16.6. The second kappa shape index (κ2) is 9.15. The highest BCUT2D eigenvalue weighted by molar-refractivity contribution is 5.96. The van der Waals surface area contributed by atoms with E-state index in [1.807, 2.05) is 18.2 Å². The third-order valence-corrected chi connectivity index (χ3v) is 5.13. The number of urea groups is 1. The Morgan fingerprint density at radius 3 is 2.42 bits per heavy atom. The van der Waals surface area contributed by atoms with E-state index in [1.165, 1.54) is 6.92 Å². The molecule has 9 heteroatoms. The van der Waals surface area contributed by atoms with Crippen LogP contribution in [0.4, 0.5) is 21.0 Å². The summed E-state index contributed by atoms with van der Waals surface area (Å²) in [5.74, 6) is -0.0988. The van der Waals surface area contributed by atoms with Gasteiger partial charge in [0.25, 0.3) is 0 Å². The summed E-state index contributed by atoms with van der Waals surface area (Å²) in [7, 11) is 0. The van der Waals surface area contributed by atoms with E-state index in [2.05, 4.69) is 16.0 Å². The average Bonchev–Trinajstić information content (AvgIpc) is 3.32. The predicted molar refractivity (Wildman–Crippen MR) is 112 cm³/mol. The molecule has 0 unspecified atom stereocenters. The Bertz CT molecular complexity index is 967. The maximum atomic E-state index is 12.3. The molecule has 0 spiro atoms. The van der Waals surface area contributed by atoms with Gasteiger partial charge in [-0.1, -0.05) is 30.3 Å². The van der Waals surface area contributed by atoms with Crippen LogP contribution in [-0.2, 0) is 14.2 Å². The number of ketones is 1. The van der Waals surface area contributed by atoms with Crippen molar-refractivity contribution in [3.63, 3.8) is 0 Å². The number of rotatable bonds is 5. The molecule has 3 amide bonds. The van der Waals surface area contributed by atoms with E-state index in [0.29, 0.717) is 16.9 Å². The van der Waals surface area contributed by atoms with Gasteiger partial charge in [0.1, 0.15) is 12.2 Å². The molecule has 4 atom stereocenters. The van der Waals surface area contributed by atoms with Crippen molar-refractivity contribution >= 4 is 29.3 Å². The summed E-state index contributed by atoms with van der Waals surface area (Å²) in [6.45, 7) is 1.86. The van der Waals surface area contributed by atoms with Crippen molar-refractivity contribution in [1.29, 1.82) is 0 Å². The summed E-state index contributed by atoms with van der Waals surface area (Å²) < 4.78 is 16.9.